The van der Waals surface area contributed by atoms with E-state index in [1.165, 1.54) is 6.20 Å². The van der Waals surface area contributed by atoms with Crippen LogP contribution in [-0.4, -0.2) is 30.5 Å². The monoisotopic (exact) mass is 428 g/mol. The molecule has 0 unspecified atom stereocenters. The first-order chi connectivity index (χ1) is 9.99. The van der Waals surface area contributed by atoms with E-state index in [4.69, 9.17) is 10.5 Å². The number of aliphatic imine (C=N–C) groups is 1. The van der Waals surface area contributed by atoms with Crippen LogP contribution >= 0.6 is 24.0 Å². The van der Waals surface area contributed by atoms with Crippen molar-refractivity contribution in [2.75, 3.05) is 13.2 Å². The zero-order valence-corrected chi connectivity index (χ0v) is 15.1. The Balaban J connectivity index is 0.00000441. The molecule has 1 aromatic rings. The Morgan fingerprint density at radius 1 is 1.45 bits per heavy atom. The number of hydrogen-bond donors (Lipinski definition) is 2. The topological polar surface area (TPSA) is 72.5 Å². The predicted octanol–water partition coefficient (Wildman–Crippen LogP) is 2.79. The average Bonchev–Trinajstić information content (AvgIpc) is 2.43. The van der Waals surface area contributed by atoms with Gasteiger partial charge >= 0.3 is 0 Å². The first kappa shape index (κ1) is 20.8. The van der Waals surface area contributed by atoms with Gasteiger partial charge in [0.2, 0.25) is 5.88 Å². The molecule has 8 heteroatoms. The Labute approximate surface area is 146 Å². The van der Waals surface area contributed by atoms with Crippen LogP contribution in [0.2, 0.25) is 0 Å². The molecule has 0 aliphatic rings. The summed E-state index contributed by atoms with van der Waals surface area (Å²) >= 11 is 0. The molecular formula is C14H23F2IN4O. The summed E-state index contributed by atoms with van der Waals surface area (Å²) in [6, 6.07) is 3.42. The lowest BCUT2D eigenvalue weighted by Gasteiger charge is -2.09. The number of ether oxygens (including phenoxy) is 1. The number of guanidine groups is 1. The number of halogens is 3. The van der Waals surface area contributed by atoms with Gasteiger partial charge < -0.3 is 15.8 Å². The normalized spacial score (nSPS) is 11.5. The number of hydrogen-bond acceptors (Lipinski definition) is 3. The second-order valence-electron chi connectivity index (χ2n) is 4.98. The van der Waals surface area contributed by atoms with Gasteiger partial charge in [-0.1, -0.05) is 19.9 Å². The Hall–Kier alpha value is -1.19. The Kier molecular flexibility index (Phi) is 10.8. The Morgan fingerprint density at radius 2 is 2.18 bits per heavy atom. The van der Waals surface area contributed by atoms with Gasteiger partial charge in [0.05, 0.1) is 6.54 Å². The highest BCUT2D eigenvalue weighted by atomic mass is 127. The van der Waals surface area contributed by atoms with Crippen molar-refractivity contribution in [2.24, 2.45) is 16.6 Å². The van der Waals surface area contributed by atoms with Gasteiger partial charge in [-0.3, -0.25) is 0 Å². The van der Waals surface area contributed by atoms with E-state index in [0.29, 0.717) is 17.4 Å². The zero-order chi connectivity index (χ0) is 15.7. The molecule has 126 valence electrons. The van der Waals surface area contributed by atoms with Gasteiger partial charge in [0.25, 0.3) is 6.43 Å². The fraction of sp³-hybridized carbons (Fsp3) is 0.571. The summed E-state index contributed by atoms with van der Waals surface area (Å²) in [5.74, 6) is 1.06. The SMILES string of the molecule is CC(C)CCNC(N)=NCc1cccnc1OCC(F)F.I. The van der Waals surface area contributed by atoms with Gasteiger partial charge in [-0.15, -0.1) is 24.0 Å². The van der Waals surface area contributed by atoms with Crippen LogP contribution in [0.1, 0.15) is 25.8 Å². The van der Waals surface area contributed by atoms with Crippen LogP contribution in [0.25, 0.3) is 0 Å². The van der Waals surface area contributed by atoms with Crippen LogP contribution in [0.3, 0.4) is 0 Å². The summed E-state index contributed by atoms with van der Waals surface area (Å²) in [7, 11) is 0. The van der Waals surface area contributed by atoms with E-state index >= 15 is 0 Å². The average molecular weight is 428 g/mol. The minimum atomic E-state index is -2.54. The summed E-state index contributed by atoms with van der Waals surface area (Å²) in [5.41, 5.74) is 6.36. The summed E-state index contributed by atoms with van der Waals surface area (Å²) in [6.07, 6.45) is -0.0597. The fourth-order valence-corrected chi connectivity index (χ4v) is 1.53. The standard InChI is InChI=1S/C14H22F2N4O.HI/c1-10(2)5-7-19-14(17)20-8-11-4-3-6-18-13(11)21-9-12(15)16;/h3-4,6,10,12H,5,7-9H2,1-2H3,(H3,17,19,20);1H. The molecule has 0 aliphatic carbocycles. The number of nitrogens with one attached hydrogen (secondary N) is 1. The van der Waals surface area contributed by atoms with Crippen molar-refractivity contribution < 1.29 is 13.5 Å². The summed E-state index contributed by atoms with van der Waals surface area (Å²) in [5, 5.41) is 3.00. The molecule has 0 aromatic carbocycles. The van der Waals surface area contributed by atoms with E-state index in [2.05, 4.69) is 29.1 Å². The van der Waals surface area contributed by atoms with Crippen molar-refractivity contribution in [2.45, 2.75) is 33.2 Å². The van der Waals surface area contributed by atoms with Crippen molar-refractivity contribution >= 4 is 29.9 Å². The smallest absolute Gasteiger partial charge is 0.272 e. The molecule has 0 fully saturated rings. The fourth-order valence-electron chi connectivity index (χ4n) is 1.53. The van der Waals surface area contributed by atoms with E-state index < -0.39 is 13.0 Å². The Morgan fingerprint density at radius 3 is 2.82 bits per heavy atom. The van der Waals surface area contributed by atoms with Crippen molar-refractivity contribution in [1.82, 2.24) is 10.3 Å². The molecule has 5 nitrogen and oxygen atoms in total. The lowest BCUT2D eigenvalue weighted by molar-refractivity contribution is 0.0791. The van der Waals surface area contributed by atoms with Crippen molar-refractivity contribution in [3.63, 3.8) is 0 Å². The Bertz CT molecular complexity index is 458. The van der Waals surface area contributed by atoms with Crippen LogP contribution < -0.4 is 15.8 Å². The lowest BCUT2D eigenvalue weighted by Crippen LogP contribution is -2.32. The quantitative estimate of drug-likeness (QED) is 0.380. The molecule has 3 N–H and O–H groups in total. The van der Waals surface area contributed by atoms with E-state index in [-0.39, 0.29) is 36.4 Å². The highest BCUT2D eigenvalue weighted by molar-refractivity contribution is 14.0. The summed E-state index contributed by atoms with van der Waals surface area (Å²) < 4.78 is 29.3. The third-order valence-corrected chi connectivity index (χ3v) is 2.64. The molecule has 0 aliphatic heterocycles. The predicted molar refractivity (Wildman–Crippen MR) is 93.9 cm³/mol. The minimum Gasteiger partial charge on any atom is -0.471 e. The number of nitrogens with zero attached hydrogens (tertiary/aromatic N) is 2. The molecule has 0 saturated carbocycles. The molecule has 0 radical (unpaired) electrons. The van der Waals surface area contributed by atoms with Crippen LogP contribution in [-0.2, 0) is 6.54 Å². The van der Waals surface area contributed by atoms with Gasteiger partial charge in [0.15, 0.2) is 12.6 Å². The molecule has 0 bridgehead atoms. The second-order valence-corrected chi connectivity index (χ2v) is 4.98. The van der Waals surface area contributed by atoms with Crippen LogP contribution in [0.4, 0.5) is 8.78 Å². The zero-order valence-electron chi connectivity index (χ0n) is 12.8. The van der Waals surface area contributed by atoms with Gasteiger partial charge in [-0.05, 0) is 18.4 Å². The largest absolute Gasteiger partial charge is 0.471 e. The van der Waals surface area contributed by atoms with Crippen molar-refractivity contribution in [3.05, 3.63) is 23.9 Å². The number of rotatable bonds is 8. The molecule has 1 rings (SSSR count). The molecule has 0 spiro atoms. The molecule has 1 aromatic heterocycles. The highest BCUT2D eigenvalue weighted by Crippen LogP contribution is 2.16. The molecule has 0 saturated heterocycles. The van der Waals surface area contributed by atoms with Crippen LogP contribution in [0, 0.1) is 5.92 Å². The first-order valence-corrected chi connectivity index (χ1v) is 6.87. The second kappa shape index (κ2) is 11.4. The van der Waals surface area contributed by atoms with Crippen molar-refractivity contribution in [1.29, 1.82) is 0 Å². The molecule has 1 heterocycles. The van der Waals surface area contributed by atoms with Gasteiger partial charge in [-0.25, -0.2) is 18.8 Å². The number of pyridine rings is 1. The van der Waals surface area contributed by atoms with Crippen molar-refractivity contribution in [3.8, 4) is 5.88 Å². The van der Waals surface area contributed by atoms with Crippen LogP contribution in [0.5, 0.6) is 5.88 Å². The molecular weight excluding hydrogens is 405 g/mol. The van der Waals surface area contributed by atoms with E-state index in [9.17, 15) is 8.78 Å². The third kappa shape index (κ3) is 8.96. The molecule has 0 atom stereocenters. The van der Waals surface area contributed by atoms with E-state index in [0.717, 1.165) is 13.0 Å². The number of aromatic nitrogens is 1. The number of alkyl halides is 2. The third-order valence-electron chi connectivity index (χ3n) is 2.64. The van der Waals surface area contributed by atoms with Gasteiger partial charge in [0, 0.05) is 18.3 Å². The first-order valence-electron chi connectivity index (χ1n) is 6.87. The molecule has 22 heavy (non-hydrogen) atoms. The lowest BCUT2D eigenvalue weighted by atomic mass is 10.1. The minimum absolute atomic E-state index is 0. The maximum atomic E-state index is 12.2. The van der Waals surface area contributed by atoms with Crippen LogP contribution in [0.15, 0.2) is 23.3 Å². The summed E-state index contributed by atoms with van der Waals surface area (Å²) in [6.45, 7) is 4.53. The van der Waals surface area contributed by atoms with Gasteiger partial charge in [0.1, 0.15) is 0 Å². The van der Waals surface area contributed by atoms with E-state index in [1.54, 1.807) is 12.1 Å². The van der Waals surface area contributed by atoms with Gasteiger partial charge in [-0.2, -0.15) is 0 Å². The highest BCUT2D eigenvalue weighted by Gasteiger charge is 2.08. The number of nitrogens with two attached hydrogens (primary N) is 1. The van der Waals surface area contributed by atoms with E-state index in [1.807, 2.05) is 0 Å². The maximum Gasteiger partial charge on any atom is 0.272 e. The maximum absolute atomic E-state index is 12.2. The molecule has 0 amide bonds. The summed E-state index contributed by atoms with van der Waals surface area (Å²) in [4.78, 5) is 8.08.